The van der Waals surface area contributed by atoms with Gasteiger partial charge in [-0.05, 0) is 13.8 Å². The lowest BCUT2D eigenvalue weighted by atomic mass is 10.1. The smallest absolute Gasteiger partial charge is 0.339 e. The fraction of sp³-hybridized carbons (Fsp3) is 0.571. The van der Waals surface area contributed by atoms with E-state index in [1.165, 1.54) is 6.07 Å². The van der Waals surface area contributed by atoms with E-state index in [0.29, 0.717) is 31.9 Å². The summed E-state index contributed by atoms with van der Waals surface area (Å²) >= 11 is 0. The van der Waals surface area contributed by atoms with Gasteiger partial charge in [0.1, 0.15) is 11.3 Å². The Hall–Kier alpha value is -1.82. The number of hydrogen-bond acceptors (Lipinski definition) is 4. The number of carbonyl (C=O) groups is 2. The molecule has 1 aliphatic heterocycles. The van der Waals surface area contributed by atoms with Crippen LogP contribution in [-0.2, 0) is 11.2 Å². The highest BCUT2D eigenvalue weighted by Crippen LogP contribution is 2.22. The second-order valence-electron chi connectivity index (χ2n) is 5.44. The standard InChI is InChI=1S/C14H19NO5/c1-4-10-9(13(17)18)7-11(20-10)12(16)15-5-6-19-14(2,3)8-15/h7H,4-6,8H2,1-3H3,(H,17,18). The van der Waals surface area contributed by atoms with E-state index in [9.17, 15) is 9.59 Å². The number of nitrogens with zero attached hydrogens (tertiary/aromatic N) is 1. The van der Waals surface area contributed by atoms with Gasteiger partial charge in [0.05, 0.1) is 12.2 Å². The quantitative estimate of drug-likeness (QED) is 0.913. The number of aryl methyl sites for hydroxylation is 1. The fourth-order valence-electron chi connectivity index (χ4n) is 2.32. The number of amides is 1. The third kappa shape index (κ3) is 2.85. The Kier molecular flexibility index (Phi) is 3.85. The lowest BCUT2D eigenvalue weighted by Gasteiger charge is -2.37. The van der Waals surface area contributed by atoms with E-state index in [1.54, 1.807) is 11.8 Å². The number of morpholine rings is 1. The highest BCUT2D eigenvalue weighted by Gasteiger charge is 2.32. The van der Waals surface area contributed by atoms with Crippen molar-refractivity contribution < 1.29 is 23.8 Å². The third-order valence-electron chi connectivity index (χ3n) is 3.28. The summed E-state index contributed by atoms with van der Waals surface area (Å²) in [4.78, 5) is 25.1. The van der Waals surface area contributed by atoms with Gasteiger partial charge < -0.3 is 19.2 Å². The monoisotopic (exact) mass is 281 g/mol. The van der Waals surface area contributed by atoms with Crippen molar-refractivity contribution in [1.82, 2.24) is 4.90 Å². The molecule has 0 atom stereocenters. The summed E-state index contributed by atoms with van der Waals surface area (Å²) in [5, 5.41) is 9.08. The maximum atomic E-state index is 12.4. The molecule has 0 bridgehead atoms. The van der Waals surface area contributed by atoms with E-state index in [1.807, 2.05) is 13.8 Å². The van der Waals surface area contributed by atoms with Crippen molar-refractivity contribution in [1.29, 1.82) is 0 Å². The maximum absolute atomic E-state index is 12.4. The Morgan fingerprint density at radius 2 is 2.15 bits per heavy atom. The van der Waals surface area contributed by atoms with Crippen LogP contribution in [0.3, 0.4) is 0 Å². The zero-order valence-corrected chi connectivity index (χ0v) is 11.9. The van der Waals surface area contributed by atoms with E-state index in [0.717, 1.165) is 0 Å². The van der Waals surface area contributed by atoms with Gasteiger partial charge >= 0.3 is 5.97 Å². The van der Waals surface area contributed by atoms with Crippen LogP contribution in [0.2, 0.25) is 0 Å². The maximum Gasteiger partial charge on any atom is 0.339 e. The van der Waals surface area contributed by atoms with Gasteiger partial charge in [0.15, 0.2) is 5.76 Å². The summed E-state index contributed by atoms with van der Waals surface area (Å²) in [5.74, 6) is -0.958. The van der Waals surface area contributed by atoms with Crippen molar-refractivity contribution >= 4 is 11.9 Å². The predicted octanol–water partition coefficient (Wildman–Crippen LogP) is 1.79. The topological polar surface area (TPSA) is 80.0 Å². The number of carboxylic acids is 1. The van der Waals surface area contributed by atoms with Gasteiger partial charge in [0.2, 0.25) is 0 Å². The minimum atomic E-state index is -1.08. The van der Waals surface area contributed by atoms with Crippen molar-refractivity contribution in [2.24, 2.45) is 0 Å². The molecule has 1 saturated heterocycles. The molecule has 2 rings (SSSR count). The summed E-state index contributed by atoms with van der Waals surface area (Å²) in [6, 6.07) is 1.31. The summed E-state index contributed by atoms with van der Waals surface area (Å²) in [5.41, 5.74) is -0.340. The molecule has 0 aromatic carbocycles. The SMILES string of the molecule is CCc1oc(C(=O)N2CCOC(C)(C)C2)cc1C(=O)O. The van der Waals surface area contributed by atoms with Crippen LogP contribution in [0, 0.1) is 0 Å². The number of furan rings is 1. The molecule has 1 N–H and O–H groups in total. The Morgan fingerprint density at radius 1 is 1.45 bits per heavy atom. The predicted molar refractivity (Wildman–Crippen MR) is 71.0 cm³/mol. The van der Waals surface area contributed by atoms with Crippen molar-refractivity contribution in [2.45, 2.75) is 32.8 Å². The van der Waals surface area contributed by atoms with Crippen molar-refractivity contribution in [2.75, 3.05) is 19.7 Å². The van der Waals surface area contributed by atoms with Crippen molar-refractivity contribution in [3.8, 4) is 0 Å². The number of carboxylic acid groups (broad SMARTS) is 1. The number of hydrogen-bond donors (Lipinski definition) is 1. The molecule has 6 nitrogen and oxygen atoms in total. The third-order valence-corrected chi connectivity index (χ3v) is 3.28. The molecule has 20 heavy (non-hydrogen) atoms. The molecule has 1 aromatic rings. The highest BCUT2D eigenvalue weighted by molar-refractivity contribution is 5.96. The Morgan fingerprint density at radius 3 is 2.65 bits per heavy atom. The van der Waals surface area contributed by atoms with Gasteiger partial charge in [0, 0.05) is 25.6 Å². The normalized spacial score (nSPS) is 18.1. The van der Waals surface area contributed by atoms with Gasteiger partial charge in [0.25, 0.3) is 5.91 Å². The molecule has 0 radical (unpaired) electrons. The molecule has 1 aliphatic rings. The first-order valence-corrected chi connectivity index (χ1v) is 6.63. The molecular formula is C14H19NO5. The van der Waals surface area contributed by atoms with Crippen LogP contribution in [0.1, 0.15) is 47.4 Å². The fourth-order valence-corrected chi connectivity index (χ4v) is 2.32. The Labute approximate surface area is 117 Å². The Bertz CT molecular complexity index is 532. The van der Waals surface area contributed by atoms with E-state index >= 15 is 0 Å². The summed E-state index contributed by atoms with van der Waals surface area (Å²) < 4.78 is 10.9. The summed E-state index contributed by atoms with van der Waals surface area (Å²) in [6.45, 7) is 7.01. The lowest BCUT2D eigenvalue weighted by molar-refractivity contribution is -0.0769. The van der Waals surface area contributed by atoms with Crippen LogP contribution in [0.5, 0.6) is 0 Å². The minimum absolute atomic E-state index is 0.0587. The molecular weight excluding hydrogens is 262 g/mol. The number of rotatable bonds is 3. The van der Waals surface area contributed by atoms with Crippen LogP contribution in [0.4, 0.5) is 0 Å². The number of ether oxygens (including phenoxy) is 1. The average Bonchev–Trinajstić information content (AvgIpc) is 2.80. The second-order valence-corrected chi connectivity index (χ2v) is 5.44. The molecule has 110 valence electrons. The van der Waals surface area contributed by atoms with E-state index in [4.69, 9.17) is 14.3 Å². The van der Waals surface area contributed by atoms with E-state index in [2.05, 4.69) is 0 Å². The first-order chi connectivity index (χ1) is 9.34. The zero-order chi connectivity index (χ0) is 14.9. The van der Waals surface area contributed by atoms with Crippen LogP contribution in [0.15, 0.2) is 10.5 Å². The lowest BCUT2D eigenvalue weighted by Crippen LogP contribution is -2.50. The molecule has 2 heterocycles. The average molecular weight is 281 g/mol. The van der Waals surface area contributed by atoms with Crippen LogP contribution in [-0.4, -0.2) is 47.2 Å². The minimum Gasteiger partial charge on any atom is -0.478 e. The molecule has 0 spiro atoms. The molecule has 0 saturated carbocycles. The van der Waals surface area contributed by atoms with Gasteiger partial charge in [-0.3, -0.25) is 4.79 Å². The molecule has 1 fully saturated rings. The summed E-state index contributed by atoms with van der Waals surface area (Å²) in [7, 11) is 0. The molecule has 6 heteroatoms. The van der Waals surface area contributed by atoms with Crippen LogP contribution in [0.25, 0.3) is 0 Å². The second kappa shape index (κ2) is 5.28. The van der Waals surface area contributed by atoms with Crippen LogP contribution < -0.4 is 0 Å². The Balaban J connectivity index is 2.23. The molecule has 1 amide bonds. The molecule has 0 unspecified atom stereocenters. The first-order valence-electron chi connectivity index (χ1n) is 6.63. The number of aromatic carboxylic acids is 1. The van der Waals surface area contributed by atoms with Crippen molar-refractivity contribution in [3.63, 3.8) is 0 Å². The summed E-state index contributed by atoms with van der Waals surface area (Å²) in [6.07, 6.45) is 0.434. The van der Waals surface area contributed by atoms with Crippen LogP contribution >= 0.6 is 0 Å². The van der Waals surface area contributed by atoms with E-state index in [-0.39, 0.29) is 17.2 Å². The molecule has 1 aromatic heterocycles. The van der Waals surface area contributed by atoms with Crippen molar-refractivity contribution in [3.05, 3.63) is 23.2 Å². The van der Waals surface area contributed by atoms with Gasteiger partial charge in [-0.25, -0.2) is 4.79 Å². The first kappa shape index (κ1) is 14.6. The number of carbonyl (C=O) groups excluding carboxylic acids is 1. The van der Waals surface area contributed by atoms with E-state index < -0.39 is 11.6 Å². The van der Waals surface area contributed by atoms with Gasteiger partial charge in [-0.1, -0.05) is 6.92 Å². The zero-order valence-electron chi connectivity index (χ0n) is 11.9. The van der Waals surface area contributed by atoms with Gasteiger partial charge in [-0.2, -0.15) is 0 Å². The van der Waals surface area contributed by atoms with Gasteiger partial charge in [-0.15, -0.1) is 0 Å². The molecule has 0 aliphatic carbocycles. The highest BCUT2D eigenvalue weighted by atomic mass is 16.5. The largest absolute Gasteiger partial charge is 0.478 e.